The lowest BCUT2D eigenvalue weighted by atomic mass is 10.1. The Morgan fingerprint density at radius 1 is 0.274 bits per heavy atom. The summed E-state index contributed by atoms with van der Waals surface area (Å²) in [6, 6.07) is 0. The zero-order chi connectivity index (χ0) is 77.4. The molecule has 0 aliphatic rings. The summed E-state index contributed by atoms with van der Waals surface area (Å²) in [5.74, 6) is -2.24. The van der Waals surface area contributed by atoms with Gasteiger partial charge in [0.25, 0.3) is 0 Å². The van der Waals surface area contributed by atoms with Gasteiger partial charge in [-0.3, -0.25) is 37.3 Å². The van der Waals surface area contributed by atoms with Crippen LogP contribution in [0.5, 0.6) is 0 Å². The van der Waals surface area contributed by atoms with Gasteiger partial charge in [0.1, 0.15) is 19.3 Å². The lowest BCUT2D eigenvalue weighted by Crippen LogP contribution is -2.30. The zero-order valence-electron chi connectivity index (χ0n) is 66.3. The highest BCUT2D eigenvalue weighted by molar-refractivity contribution is 7.47. The fourth-order valence-corrected chi connectivity index (χ4v) is 12.1. The molecule has 0 aliphatic heterocycles. The van der Waals surface area contributed by atoms with Crippen LogP contribution < -0.4 is 0 Å². The van der Waals surface area contributed by atoms with Crippen LogP contribution in [0.4, 0.5) is 0 Å². The summed E-state index contributed by atoms with van der Waals surface area (Å²) in [6.45, 7) is 4.51. The van der Waals surface area contributed by atoms with Crippen molar-refractivity contribution in [1.29, 1.82) is 0 Å². The number of esters is 4. The van der Waals surface area contributed by atoms with E-state index in [1.165, 1.54) is 19.3 Å². The van der Waals surface area contributed by atoms with E-state index in [1.807, 2.05) is 0 Å². The molecule has 0 aromatic heterocycles. The van der Waals surface area contributed by atoms with Crippen molar-refractivity contribution in [1.82, 2.24) is 0 Å². The molecule has 19 heteroatoms. The number of unbranched alkanes of at least 4 members (excludes halogenated alkanes) is 26. The Labute approximate surface area is 643 Å². The number of ether oxygens (including phenoxy) is 4. The third-order valence-corrected chi connectivity index (χ3v) is 18.7. The largest absolute Gasteiger partial charge is 0.472 e. The van der Waals surface area contributed by atoms with Crippen LogP contribution in [0, 0.1) is 0 Å². The van der Waals surface area contributed by atoms with Crippen molar-refractivity contribution in [2.24, 2.45) is 0 Å². The zero-order valence-corrected chi connectivity index (χ0v) is 68.1. The summed E-state index contributed by atoms with van der Waals surface area (Å²) in [6.07, 6.45) is 89.6. The second kappa shape index (κ2) is 78.1. The minimum atomic E-state index is -4.99. The highest BCUT2D eigenvalue weighted by atomic mass is 31.2. The molecule has 0 aromatic rings. The van der Waals surface area contributed by atoms with E-state index < -0.39 is 97.5 Å². The van der Waals surface area contributed by atoms with Gasteiger partial charge in [0.05, 0.1) is 26.4 Å². The number of hydrogen-bond acceptors (Lipinski definition) is 15. The average Bonchev–Trinajstić information content (AvgIpc) is 0.933. The van der Waals surface area contributed by atoms with Gasteiger partial charge in [0.15, 0.2) is 12.2 Å². The number of phosphoric ester groups is 2. The first kappa shape index (κ1) is 101. The van der Waals surface area contributed by atoms with Crippen LogP contribution in [0.2, 0.25) is 0 Å². The first-order valence-electron chi connectivity index (χ1n) is 41.1. The molecular formula is C87H146O17P2. The van der Waals surface area contributed by atoms with E-state index >= 15 is 0 Å². The first-order chi connectivity index (χ1) is 51.7. The van der Waals surface area contributed by atoms with Crippen LogP contribution in [0.3, 0.4) is 0 Å². The van der Waals surface area contributed by atoms with Crippen LogP contribution in [0.25, 0.3) is 0 Å². The Bertz CT molecular complexity index is 2580. The Morgan fingerprint density at radius 2 is 0.509 bits per heavy atom. The molecule has 0 fully saturated rings. The molecule has 0 aromatic carbocycles. The number of hydrogen-bond donors (Lipinski definition) is 3. The van der Waals surface area contributed by atoms with Gasteiger partial charge >= 0.3 is 39.5 Å². The predicted molar refractivity (Wildman–Crippen MR) is 436 cm³/mol. The molecule has 5 atom stereocenters. The lowest BCUT2D eigenvalue weighted by Gasteiger charge is -2.21. The van der Waals surface area contributed by atoms with Crippen LogP contribution in [-0.4, -0.2) is 96.7 Å². The standard InChI is InChI=1S/C87H146O17P2/c1-5-9-13-17-21-25-29-33-36-38-40-42-45-48-51-55-59-63-67-71-84(89)97-77-82(103-86(91)73-69-65-61-57-53-47-32-28-24-20-16-12-8-4)79-101-105(93,94)99-75-81(88)76-100-106(95,96)102-80-83(104-87(92)74-70-66-62-58-54-50-44-35-31-27-23-19-15-11-7-3)78-98-85(90)72-68-64-60-56-52-49-46-43-41-39-37-34-30-26-22-18-14-10-6-2/h10-11,14-16,20-23,25-28,32-37,40-44,81-83,88H,5-9,12-13,17-19,24,29-31,38-39,45-80H2,1-4H3,(H,93,94)(H,95,96)/b14-10-,15-11-,20-16-,25-21-,26-22-,27-23-,32-28-,36-33-,37-34-,42-40-,43-41-,44-35-. The summed E-state index contributed by atoms with van der Waals surface area (Å²) < 4.78 is 68.7. The van der Waals surface area contributed by atoms with Gasteiger partial charge in [0.2, 0.25) is 0 Å². The Balaban J connectivity index is 5.38. The fraction of sp³-hybridized carbons (Fsp3) is 0.678. The normalized spacial score (nSPS) is 14.6. The van der Waals surface area contributed by atoms with Crippen molar-refractivity contribution in [3.05, 3.63) is 146 Å². The number of allylic oxidation sites excluding steroid dienone is 24. The van der Waals surface area contributed by atoms with E-state index in [1.54, 1.807) is 0 Å². The third-order valence-electron chi connectivity index (χ3n) is 16.7. The fourth-order valence-electron chi connectivity index (χ4n) is 10.6. The number of phosphoric acid groups is 2. The van der Waals surface area contributed by atoms with Crippen molar-refractivity contribution >= 4 is 39.5 Å². The summed E-state index contributed by atoms with van der Waals surface area (Å²) in [5.41, 5.74) is 0. The molecule has 0 saturated carbocycles. The molecule has 0 heterocycles. The van der Waals surface area contributed by atoms with E-state index in [-0.39, 0.29) is 25.7 Å². The second-order valence-electron chi connectivity index (χ2n) is 26.9. The van der Waals surface area contributed by atoms with E-state index in [2.05, 4.69) is 174 Å². The van der Waals surface area contributed by atoms with Crippen molar-refractivity contribution in [2.45, 2.75) is 341 Å². The molecule has 0 rings (SSSR count). The molecular weight excluding hydrogens is 1380 g/mol. The number of carbonyl (C=O) groups excluding carboxylic acids is 4. The SMILES string of the molecule is CC/C=C\C/C=C\C/C=C\C/C=C\CCCCCCCCC(=O)OCC(COP(=O)(O)OCC(O)COP(=O)(O)OCC(COC(=O)CCCCCCCC/C=C\C/C=C\C/C=C\CCCCC)OC(=O)CCCCCCC/C=C\C/C=C\CCC)OC(=O)CCCCCCC/C=C\C/C=C\C/C=C\CC. The number of carbonyl (C=O) groups is 4. The maximum absolute atomic E-state index is 13.1. The minimum Gasteiger partial charge on any atom is -0.462 e. The van der Waals surface area contributed by atoms with Gasteiger partial charge in [-0.1, -0.05) is 283 Å². The minimum absolute atomic E-state index is 0.0677. The van der Waals surface area contributed by atoms with Gasteiger partial charge in [-0.2, -0.15) is 0 Å². The number of aliphatic hydroxyl groups is 1. The van der Waals surface area contributed by atoms with Gasteiger partial charge in [-0.25, -0.2) is 9.13 Å². The Kier molecular flexibility index (Phi) is 74.3. The summed E-state index contributed by atoms with van der Waals surface area (Å²) in [5, 5.41) is 10.7. The molecule has 0 amide bonds. The first-order valence-corrected chi connectivity index (χ1v) is 44.1. The lowest BCUT2D eigenvalue weighted by molar-refractivity contribution is -0.161. The third kappa shape index (κ3) is 77.1. The molecule has 3 N–H and O–H groups in total. The molecule has 5 unspecified atom stereocenters. The molecule has 0 bridgehead atoms. The van der Waals surface area contributed by atoms with E-state index in [0.29, 0.717) is 25.7 Å². The molecule has 0 aliphatic carbocycles. The van der Waals surface area contributed by atoms with E-state index in [9.17, 15) is 43.2 Å². The smallest absolute Gasteiger partial charge is 0.462 e. The van der Waals surface area contributed by atoms with Gasteiger partial charge in [0, 0.05) is 25.7 Å². The molecule has 606 valence electrons. The van der Waals surface area contributed by atoms with Crippen molar-refractivity contribution in [3.63, 3.8) is 0 Å². The quantitative estimate of drug-likeness (QED) is 0.0169. The average molecular weight is 1530 g/mol. The maximum atomic E-state index is 13.1. The molecule has 0 radical (unpaired) electrons. The van der Waals surface area contributed by atoms with Crippen molar-refractivity contribution in [2.75, 3.05) is 39.6 Å². The van der Waals surface area contributed by atoms with Crippen LogP contribution in [-0.2, 0) is 65.4 Å². The van der Waals surface area contributed by atoms with Crippen LogP contribution in [0.15, 0.2) is 146 Å². The molecule has 106 heavy (non-hydrogen) atoms. The second-order valence-corrected chi connectivity index (χ2v) is 29.8. The maximum Gasteiger partial charge on any atom is 0.472 e. The van der Waals surface area contributed by atoms with Crippen molar-refractivity contribution < 1.29 is 80.2 Å². The summed E-state index contributed by atoms with van der Waals surface area (Å²) >= 11 is 0. The van der Waals surface area contributed by atoms with E-state index in [0.717, 1.165) is 225 Å². The highest BCUT2D eigenvalue weighted by Crippen LogP contribution is 2.45. The van der Waals surface area contributed by atoms with Gasteiger partial charge in [-0.05, 0) is 161 Å². The van der Waals surface area contributed by atoms with Gasteiger partial charge in [-0.15, -0.1) is 0 Å². The highest BCUT2D eigenvalue weighted by Gasteiger charge is 2.30. The summed E-state index contributed by atoms with van der Waals surface area (Å²) in [4.78, 5) is 73.1. The molecule has 17 nitrogen and oxygen atoms in total. The van der Waals surface area contributed by atoms with E-state index in [4.69, 9.17) is 37.0 Å². The monoisotopic (exact) mass is 1530 g/mol. The molecule has 0 spiro atoms. The van der Waals surface area contributed by atoms with Crippen LogP contribution >= 0.6 is 15.6 Å². The Morgan fingerprint density at radius 3 is 0.792 bits per heavy atom. The topological polar surface area (TPSA) is 237 Å². The van der Waals surface area contributed by atoms with Gasteiger partial charge < -0.3 is 33.8 Å². The Hall–Kier alpha value is -5.06. The predicted octanol–water partition coefficient (Wildman–Crippen LogP) is 24.2. The molecule has 0 saturated heterocycles. The summed E-state index contributed by atoms with van der Waals surface area (Å²) in [7, 11) is -9.98. The van der Waals surface area contributed by atoms with Crippen LogP contribution in [0.1, 0.15) is 323 Å². The number of aliphatic hydroxyl groups excluding tert-OH is 1. The van der Waals surface area contributed by atoms with Crippen molar-refractivity contribution in [3.8, 4) is 0 Å². The number of rotatable bonds is 76.